The second-order valence-electron chi connectivity index (χ2n) is 2.80. The summed E-state index contributed by atoms with van der Waals surface area (Å²) in [5, 5.41) is 0. The van der Waals surface area contributed by atoms with E-state index in [0.717, 1.165) is 0 Å². The van der Waals surface area contributed by atoms with E-state index in [1.54, 1.807) is 0 Å². The van der Waals surface area contributed by atoms with Crippen LogP contribution in [0.2, 0.25) is 0 Å². The van der Waals surface area contributed by atoms with E-state index in [-0.39, 0.29) is 0 Å². The molecule has 0 aliphatic heterocycles. The minimum absolute atomic E-state index is 0.445. The fraction of sp³-hybridized carbons (Fsp3) is 0. The fourth-order valence-electron chi connectivity index (χ4n) is 1.05. The van der Waals surface area contributed by atoms with E-state index in [9.17, 15) is 28.8 Å². The van der Waals surface area contributed by atoms with Gasteiger partial charge in [0.2, 0.25) is 0 Å². The van der Waals surface area contributed by atoms with E-state index >= 15 is 0 Å². The average molecular weight is 665 g/mol. The van der Waals surface area contributed by atoms with Gasteiger partial charge in [-0.05, 0) is 0 Å². The third-order valence-corrected chi connectivity index (χ3v) is 151. The molecule has 6 amide bonds. The molecule has 0 fully saturated rings. The molecule has 0 heterocycles. The number of carbonyl (C=O) groups excluding carboxylic acids is 6. The first kappa shape index (κ1) is 22.2. The van der Waals surface area contributed by atoms with Crippen molar-refractivity contribution in [2.24, 2.45) is 0 Å². The van der Waals surface area contributed by atoms with Crippen LogP contribution >= 0.6 is 6.18 Å². The van der Waals surface area contributed by atoms with Crippen LogP contribution in [0.4, 0.5) is 0 Å². The SMILES string of the molecule is O=C[NH][Zr]([NH]C=O)[I]([Zr]([NH]C=O)[NH]C=O)[Zr]([NH]C=O)[NH]C=O. The average Bonchev–Trinajstić information content (AvgIpc) is 2.49. The summed E-state index contributed by atoms with van der Waals surface area (Å²) in [6.07, 6.45) is 0.308. The molecule has 0 saturated heterocycles. The molecular formula is C6H12IN6O6Zr3. The monoisotopic (exact) mass is 661 g/mol. The molecule has 0 radical (unpaired) electrons. The molecule has 121 valence electrons. The van der Waals surface area contributed by atoms with Gasteiger partial charge in [0.15, 0.2) is 0 Å². The Balaban J connectivity index is 5.61. The molecule has 0 saturated carbocycles. The summed E-state index contributed by atoms with van der Waals surface area (Å²) >= 11 is -9.11. The molecule has 16 heteroatoms. The van der Waals surface area contributed by atoms with Crippen molar-refractivity contribution in [3.8, 4) is 0 Å². The van der Waals surface area contributed by atoms with Crippen molar-refractivity contribution in [2.45, 2.75) is 0 Å². The third kappa shape index (κ3) is 8.16. The number of hydrogen-bond acceptors (Lipinski definition) is 6. The Morgan fingerprint density at radius 3 is 0.773 bits per heavy atom. The zero-order valence-electron chi connectivity index (χ0n) is 10.8. The molecule has 22 heavy (non-hydrogen) atoms. The van der Waals surface area contributed by atoms with Gasteiger partial charge < -0.3 is 0 Å². The Morgan fingerprint density at radius 2 is 0.636 bits per heavy atom. The Hall–Kier alpha value is 0.199. The van der Waals surface area contributed by atoms with Gasteiger partial charge in [-0.15, -0.1) is 0 Å². The number of nitrogens with one attached hydrogen (secondary N) is 6. The molecule has 0 aromatic carbocycles. The second kappa shape index (κ2) is 14.8. The van der Waals surface area contributed by atoms with E-state index in [4.69, 9.17) is 0 Å². The number of halogens is 1. The molecule has 6 N–H and O–H groups in total. The second-order valence-corrected chi connectivity index (χ2v) is 97.1. The Morgan fingerprint density at radius 1 is 0.455 bits per heavy atom. The molecule has 0 rings (SSSR count). The Labute approximate surface area is 145 Å². The zero-order valence-corrected chi connectivity index (χ0v) is 20.3. The molecule has 0 aliphatic rings. The van der Waals surface area contributed by atoms with E-state index in [2.05, 4.69) is 19.6 Å². The topological polar surface area (TPSA) is 175 Å². The predicted octanol–water partition coefficient (Wildman–Crippen LogP) is -3.94. The van der Waals surface area contributed by atoms with Gasteiger partial charge in [-0.1, -0.05) is 0 Å². The summed E-state index contributed by atoms with van der Waals surface area (Å²) in [5.41, 5.74) is 0. The van der Waals surface area contributed by atoms with E-state index in [1.165, 1.54) is 0 Å². The van der Waals surface area contributed by atoms with Crippen LogP contribution in [-0.4, -0.2) is 38.5 Å². The van der Waals surface area contributed by atoms with Crippen molar-refractivity contribution < 1.29 is 83.2 Å². The maximum atomic E-state index is 10.8. The Kier molecular flexibility index (Phi) is 14.9. The maximum absolute atomic E-state index is 10.8. The van der Waals surface area contributed by atoms with Crippen molar-refractivity contribution >= 4 is 44.6 Å². The summed E-state index contributed by atoms with van der Waals surface area (Å²) in [6.45, 7) is 0. The molecule has 0 spiro atoms. The van der Waals surface area contributed by atoms with Gasteiger partial charge in [-0.2, -0.15) is 0 Å². The molecule has 0 atom stereocenters. The molecule has 0 aromatic rings. The van der Waals surface area contributed by atoms with Crippen LogP contribution in [0.1, 0.15) is 0 Å². The number of hydrogen-bond donors (Lipinski definition) is 6. The molecule has 12 nitrogen and oxygen atoms in total. The quantitative estimate of drug-likeness (QED) is 0.0770. The predicted molar refractivity (Wildman–Crippen MR) is 69.2 cm³/mol. The normalized spacial score (nSPS) is 9.00. The van der Waals surface area contributed by atoms with Crippen LogP contribution < -0.4 is 19.6 Å². The van der Waals surface area contributed by atoms with Gasteiger partial charge in [-0.3, -0.25) is 0 Å². The third-order valence-electron chi connectivity index (χ3n) is 1.68. The van der Waals surface area contributed by atoms with Gasteiger partial charge in [0.05, 0.1) is 0 Å². The molecule has 0 aliphatic carbocycles. The van der Waals surface area contributed by atoms with Crippen LogP contribution in [0.3, 0.4) is 0 Å². The first-order valence-corrected chi connectivity index (χ1v) is 34.5. The first-order chi connectivity index (χ1) is 10.7. The summed E-state index contributed by atoms with van der Waals surface area (Å²) < 4.78 is 15.6. The first-order valence-electron chi connectivity index (χ1n) is 5.21. The zero-order chi connectivity index (χ0) is 16.8. The number of amides is 6. The van der Waals surface area contributed by atoms with Crippen molar-refractivity contribution in [1.82, 2.24) is 19.6 Å². The molecular weight excluding hydrogens is 653 g/mol. The number of rotatable bonds is 15. The van der Waals surface area contributed by atoms with E-state index in [1.807, 2.05) is 0 Å². The van der Waals surface area contributed by atoms with Crippen LogP contribution in [0, 0.1) is 0 Å². The van der Waals surface area contributed by atoms with E-state index in [0.29, 0.717) is 38.5 Å². The van der Waals surface area contributed by atoms with Gasteiger partial charge >= 0.3 is 147 Å². The molecule has 0 bridgehead atoms. The minimum atomic E-state index is -3.04. The van der Waals surface area contributed by atoms with Crippen molar-refractivity contribution in [3.05, 3.63) is 0 Å². The summed E-state index contributed by atoms with van der Waals surface area (Å²) in [7, 11) is 0. The van der Waals surface area contributed by atoms with Crippen molar-refractivity contribution in [2.75, 3.05) is 0 Å². The molecule has 0 aromatic heterocycles. The van der Waals surface area contributed by atoms with Crippen LogP contribution in [0.15, 0.2) is 0 Å². The van der Waals surface area contributed by atoms with Crippen LogP contribution in [0.5, 0.6) is 0 Å². The van der Waals surface area contributed by atoms with E-state index < -0.39 is 60.6 Å². The fourth-order valence-corrected chi connectivity index (χ4v) is 150. The number of carbonyl (C=O) groups is 6. The van der Waals surface area contributed by atoms with Crippen LogP contribution in [-0.2, 0) is 83.2 Å². The van der Waals surface area contributed by atoms with Crippen molar-refractivity contribution in [3.63, 3.8) is 0 Å². The Bertz CT molecular complexity index is 320. The van der Waals surface area contributed by atoms with Gasteiger partial charge in [0.1, 0.15) is 0 Å². The van der Waals surface area contributed by atoms with Gasteiger partial charge in [0, 0.05) is 0 Å². The van der Waals surface area contributed by atoms with Crippen LogP contribution in [0.25, 0.3) is 0 Å². The summed E-state index contributed by atoms with van der Waals surface area (Å²) in [5.74, 6) is 0. The van der Waals surface area contributed by atoms with Gasteiger partial charge in [0.25, 0.3) is 0 Å². The summed E-state index contributed by atoms with van der Waals surface area (Å²) in [4.78, 5) is 64.6. The molecule has 0 unspecified atom stereocenters. The van der Waals surface area contributed by atoms with Crippen molar-refractivity contribution in [1.29, 1.82) is 0 Å². The standard InChI is InChI=1S/6CH3NO.I.3Zr/c6*2-1-3;;;;/h6*1H,(H2,2,3);;;;/q;;;;;;;3*+2/p-6. The summed E-state index contributed by atoms with van der Waals surface area (Å²) in [6, 6.07) is 0. The van der Waals surface area contributed by atoms with Gasteiger partial charge in [-0.25, -0.2) is 0 Å².